The monoisotopic (exact) mass is 468 g/mol. The normalized spacial score (nSPS) is 18.8. The van der Waals surface area contributed by atoms with Crippen LogP contribution in [0.3, 0.4) is 0 Å². The number of carbonyl (C=O) groups is 1. The number of pyridine rings is 2. The first-order chi connectivity index (χ1) is 15.9. The standard InChI is InChI=1S/C25H26ClFN4O2/c1-31(15-17-4-11-23(27)29-13-17)25(33)18-5-2-16(3-6-18)12-20-8-9-21(30-20)24(32)19-7-10-22(26)28-14-19/h2-7,10-11,13-14,20-21,24,30,32H,8-9,12,15H2,1H3/t20-,21+,24+/m0/s1. The second kappa shape index (κ2) is 10.4. The maximum Gasteiger partial charge on any atom is 0.253 e. The highest BCUT2D eigenvalue weighted by Gasteiger charge is 2.30. The molecule has 2 N–H and O–H groups in total. The molecule has 1 amide bonds. The van der Waals surface area contributed by atoms with Gasteiger partial charge in [-0.1, -0.05) is 35.9 Å². The first-order valence-corrected chi connectivity index (χ1v) is 11.3. The van der Waals surface area contributed by atoms with Crippen LogP contribution in [0.5, 0.6) is 0 Å². The molecule has 0 radical (unpaired) electrons. The predicted molar refractivity (Wildman–Crippen MR) is 124 cm³/mol. The summed E-state index contributed by atoms with van der Waals surface area (Å²) in [7, 11) is 1.71. The van der Waals surface area contributed by atoms with Gasteiger partial charge in [-0.25, -0.2) is 9.97 Å². The van der Waals surface area contributed by atoms with E-state index in [1.165, 1.54) is 12.3 Å². The van der Waals surface area contributed by atoms with E-state index in [0.29, 0.717) is 17.3 Å². The van der Waals surface area contributed by atoms with Crippen molar-refractivity contribution in [2.24, 2.45) is 0 Å². The second-order valence-electron chi connectivity index (χ2n) is 8.46. The molecule has 0 bridgehead atoms. The Morgan fingerprint density at radius 2 is 1.88 bits per heavy atom. The number of carbonyl (C=O) groups excluding carboxylic acids is 1. The highest BCUT2D eigenvalue weighted by atomic mass is 35.5. The maximum atomic E-state index is 13.0. The molecule has 1 saturated heterocycles. The van der Waals surface area contributed by atoms with Crippen LogP contribution in [-0.4, -0.2) is 45.0 Å². The molecule has 0 saturated carbocycles. The van der Waals surface area contributed by atoms with Crippen molar-refractivity contribution in [2.75, 3.05) is 7.05 Å². The molecule has 0 unspecified atom stereocenters. The summed E-state index contributed by atoms with van der Waals surface area (Å²) < 4.78 is 13.0. The van der Waals surface area contributed by atoms with Crippen molar-refractivity contribution in [3.8, 4) is 0 Å². The van der Waals surface area contributed by atoms with Gasteiger partial charge in [0.15, 0.2) is 0 Å². The number of aliphatic hydroxyl groups excluding tert-OH is 1. The van der Waals surface area contributed by atoms with Crippen LogP contribution in [0.25, 0.3) is 0 Å². The molecular formula is C25H26ClFN4O2. The summed E-state index contributed by atoms with van der Waals surface area (Å²) in [6.07, 6.45) is 5.05. The third kappa shape index (κ3) is 5.93. The number of hydrogen-bond acceptors (Lipinski definition) is 5. The molecular weight excluding hydrogens is 443 g/mol. The Labute approximate surface area is 197 Å². The molecule has 33 heavy (non-hydrogen) atoms. The number of hydrogen-bond donors (Lipinski definition) is 2. The van der Waals surface area contributed by atoms with E-state index in [1.807, 2.05) is 24.3 Å². The molecule has 1 aliphatic heterocycles. The number of halogens is 2. The van der Waals surface area contributed by atoms with Gasteiger partial charge in [-0.15, -0.1) is 0 Å². The maximum absolute atomic E-state index is 13.0. The van der Waals surface area contributed by atoms with Crippen molar-refractivity contribution in [1.29, 1.82) is 0 Å². The largest absolute Gasteiger partial charge is 0.387 e. The van der Waals surface area contributed by atoms with E-state index in [9.17, 15) is 14.3 Å². The Morgan fingerprint density at radius 1 is 1.12 bits per heavy atom. The van der Waals surface area contributed by atoms with Gasteiger partial charge >= 0.3 is 0 Å². The molecule has 172 valence electrons. The molecule has 6 nitrogen and oxygen atoms in total. The van der Waals surface area contributed by atoms with Gasteiger partial charge in [-0.05, 0) is 54.7 Å². The van der Waals surface area contributed by atoms with Crippen LogP contribution < -0.4 is 5.32 Å². The smallest absolute Gasteiger partial charge is 0.253 e. The van der Waals surface area contributed by atoms with Crippen LogP contribution in [0.2, 0.25) is 5.15 Å². The van der Waals surface area contributed by atoms with E-state index in [-0.39, 0.29) is 18.0 Å². The van der Waals surface area contributed by atoms with Gasteiger partial charge in [-0.3, -0.25) is 4.79 Å². The lowest BCUT2D eigenvalue weighted by Crippen LogP contribution is -2.35. The van der Waals surface area contributed by atoms with Crippen molar-refractivity contribution >= 4 is 17.5 Å². The van der Waals surface area contributed by atoms with Crippen LogP contribution >= 0.6 is 11.6 Å². The molecule has 3 aromatic rings. The van der Waals surface area contributed by atoms with Crippen LogP contribution in [0.1, 0.15) is 46.0 Å². The molecule has 3 atom stereocenters. The van der Waals surface area contributed by atoms with E-state index >= 15 is 0 Å². The van der Waals surface area contributed by atoms with Gasteiger partial charge in [0.2, 0.25) is 5.95 Å². The Morgan fingerprint density at radius 3 is 2.55 bits per heavy atom. The highest BCUT2D eigenvalue weighted by molar-refractivity contribution is 6.29. The van der Waals surface area contributed by atoms with E-state index in [2.05, 4.69) is 15.3 Å². The quantitative estimate of drug-likeness (QED) is 0.513. The number of aromatic nitrogens is 2. The Balaban J connectivity index is 1.30. The van der Waals surface area contributed by atoms with Gasteiger partial charge in [-0.2, -0.15) is 4.39 Å². The van der Waals surface area contributed by atoms with Crippen molar-refractivity contribution in [3.05, 3.63) is 94.3 Å². The number of amides is 1. The fraction of sp³-hybridized carbons (Fsp3) is 0.320. The van der Waals surface area contributed by atoms with Crippen LogP contribution in [0.4, 0.5) is 4.39 Å². The van der Waals surface area contributed by atoms with E-state index in [4.69, 9.17) is 11.6 Å². The topological polar surface area (TPSA) is 78.4 Å². The summed E-state index contributed by atoms with van der Waals surface area (Å²) in [6, 6.07) is 14.2. The zero-order valence-electron chi connectivity index (χ0n) is 18.3. The molecule has 1 aliphatic rings. The summed E-state index contributed by atoms with van der Waals surface area (Å²) in [5.74, 6) is -0.646. The Bertz CT molecular complexity index is 1080. The third-order valence-corrected chi connectivity index (χ3v) is 6.21. The van der Waals surface area contributed by atoms with Crippen molar-refractivity contribution in [3.63, 3.8) is 0 Å². The molecule has 0 aliphatic carbocycles. The summed E-state index contributed by atoms with van der Waals surface area (Å²) >= 11 is 5.83. The number of rotatable bonds is 7. The number of benzene rings is 1. The molecule has 1 fully saturated rings. The molecule has 1 aromatic carbocycles. The predicted octanol–water partition coefficient (Wildman–Crippen LogP) is 3.94. The molecule has 8 heteroatoms. The number of nitrogens with zero attached hydrogens (tertiary/aromatic N) is 3. The molecule has 0 spiro atoms. The average Bonchev–Trinajstić information content (AvgIpc) is 3.29. The average molecular weight is 469 g/mol. The Hall–Kier alpha value is -2.87. The van der Waals surface area contributed by atoms with Gasteiger partial charge in [0, 0.05) is 49.2 Å². The van der Waals surface area contributed by atoms with E-state index < -0.39 is 12.1 Å². The fourth-order valence-electron chi connectivity index (χ4n) is 4.19. The van der Waals surface area contributed by atoms with Crippen molar-refractivity contribution < 1.29 is 14.3 Å². The van der Waals surface area contributed by atoms with Gasteiger partial charge in [0.1, 0.15) is 5.15 Å². The molecule has 3 heterocycles. The minimum atomic E-state index is -0.633. The lowest BCUT2D eigenvalue weighted by atomic mass is 10.0. The summed E-state index contributed by atoms with van der Waals surface area (Å²) in [4.78, 5) is 22.0. The van der Waals surface area contributed by atoms with Gasteiger partial charge in [0.05, 0.1) is 6.10 Å². The SMILES string of the molecule is CN(Cc1ccc(F)nc1)C(=O)c1ccc(C[C@@H]2CC[C@H]([C@H](O)c3ccc(Cl)nc3)N2)cc1. The first-order valence-electron chi connectivity index (χ1n) is 10.9. The number of aliphatic hydroxyl groups is 1. The third-order valence-electron chi connectivity index (χ3n) is 5.99. The molecule has 2 aromatic heterocycles. The lowest BCUT2D eigenvalue weighted by Gasteiger charge is -2.20. The molecule has 4 rings (SSSR count). The summed E-state index contributed by atoms with van der Waals surface area (Å²) in [5, 5.41) is 14.6. The Kier molecular flexibility index (Phi) is 7.33. The first kappa shape index (κ1) is 23.3. The fourth-order valence-corrected chi connectivity index (χ4v) is 4.30. The highest BCUT2D eigenvalue weighted by Crippen LogP contribution is 2.27. The van der Waals surface area contributed by atoms with Gasteiger partial charge in [0.25, 0.3) is 5.91 Å². The second-order valence-corrected chi connectivity index (χ2v) is 8.85. The minimum Gasteiger partial charge on any atom is -0.387 e. The van der Waals surface area contributed by atoms with Crippen molar-refractivity contribution in [2.45, 2.75) is 44.0 Å². The van der Waals surface area contributed by atoms with Crippen LogP contribution in [-0.2, 0) is 13.0 Å². The van der Waals surface area contributed by atoms with Gasteiger partial charge < -0.3 is 15.3 Å². The van der Waals surface area contributed by atoms with E-state index in [1.54, 1.807) is 36.3 Å². The summed E-state index contributed by atoms with van der Waals surface area (Å²) in [6.45, 7) is 0.354. The number of nitrogens with one attached hydrogen (secondary N) is 1. The minimum absolute atomic E-state index is 0.0339. The summed E-state index contributed by atoms with van der Waals surface area (Å²) in [5.41, 5.74) is 3.24. The lowest BCUT2D eigenvalue weighted by molar-refractivity contribution is 0.0785. The van der Waals surface area contributed by atoms with Crippen LogP contribution in [0, 0.1) is 5.95 Å². The zero-order valence-corrected chi connectivity index (χ0v) is 19.0. The van der Waals surface area contributed by atoms with Crippen LogP contribution in [0.15, 0.2) is 60.9 Å². The van der Waals surface area contributed by atoms with E-state index in [0.717, 1.165) is 36.0 Å². The van der Waals surface area contributed by atoms with Crippen molar-refractivity contribution in [1.82, 2.24) is 20.2 Å². The zero-order chi connectivity index (χ0) is 23.4.